The summed E-state index contributed by atoms with van der Waals surface area (Å²) in [4.78, 5) is 10.1. The molecule has 5 nitrogen and oxygen atoms in total. The number of benzene rings is 4. The van der Waals surface area contributed by atoms with E-state index in [1.165, 1.54) is 55.1 Å². The van der Waals surface area contributed by atoms with Crippen molar-refractivity contribution in [3.05, 3.63) is 107 Å². The van der Waals surface area contributed by atoms with E-state index in [1.54, 1.807) is 0 Å². The first-order chi connectivity index (χ1) is 20.5. The van der Waals surface area contributed by atoms with Gasteiger partial charge >= 0.3 is 0 Å². The van der Waals surface area contributed by atoms with Crippen LogP contribution >= 0.6 is 0 Å². The smallest absolute Gasteiger partial charge is 0.145 e. The van der Waals surface area contributed by atoms with Gasteiger partial charge in [-0.25, -0.2) is 9.97 Å². The molecule has 5 heterocycles. The Balaban J connectivity index is 1.25. The van der Waals surface area contributed by atoms with Crippen LogP contribution in [0.25, 0.3) is 54.6 Å². The van der Waals surface area contributed by atoms with Gasteiger partial charge in [0.05, 0.1) is 22.4 Å². The Morgan fingerprint density at radius 2 is 1.29 bits per heavy atom. The standard InChI is InChI=1S/C37H30N4O/c1-5-23-8-6-10-29-27-15-13-25(18-31(27)36-38-20(2)22(4)40(36)34(23)29)42-26-14-16-28-30-11-7-9-24-12-17-33-21(3)39-37(32(28)19-26)41(33)35(24)30/h6-11,13-16,18-19H,5,12,17H2,1-4H3. The van der Waals surface area contributed by atoms with Crippen molar-refractivity contribution in [2.45, 2.75) is 47.0 Å². The molecule has 0 N–H and O–H groups in total. The first kappa shape index (κ1) is 23.8. The summed E-state index contributed by atoms with van der Waals surface area (Å²) in [6.45, 7) is 8.62. The Morgan fingerprint density at radius 3 is 2.00 bits per heavy atom. The molecule has 0 bridgehead atoms. The van der Waals surface area contributed by atoms with Crippen LogP contribution in [0.4, 0.5) is 0 Å². The molecule has 0 atom stereocenters. The second-order valence-electron chi connectivity index (χ2n) is 11.7. The lowest BCUT2D eigenvalue weighted by Gasteiger charge is -2.19. The molecule has 9 rings (SSSR count). The number of ether oxygens (including phenoxy) is 1. The van der Waals surface area contributed by atoms with Gasteiger partial charge in [-0.05, 0) is 98.3 Å². The summed E-state index contributed by atoms with van der Waals surface area (Å²) in [6.07, 6.45) is 3.05. The van der Waals surface area contributed by atoms with Gasteiger partial charge < -0.3 is 4.74 Å². The molecule has 204 valence electrons. The molecule has 5 heteroatoms. The molecule has 0 aliphatic carbocycles. The zero-order valence-electron chi connectivity index (χ0n) is 24.2. The van der Waals surface area contributed by atoms with E-state index in [0.717, 1.165) is 64.2 Å². The number of pyridine rings is 2. The average Bonchev–Trinajstić information content (AvgIpc) is 3.52. The number of aromatic nitrogens is 4. The van der Waals surface area contributed by atoms with Crippen molar-refractivity contribution in [1.29, 1.82) is 0 Å². The number of nitrogens with zero attached hydrogens (tertiary/aromatic N) is 4. The van der Waals surface area contributed by atoms with E-state index in [-0.39, 0.29) is 0 Å². The summed E-state index contributed by atoms with van der Waals surface area (Å²) in [5.41, 5.74) is 12.0. The highest BCUT2D eigenvalue weighted by Gasteiger charge is 2.22. The number of para-hydroxylation sites is 2. The average molecular weight is 547 g/mol. The summed E-state index contributed by atoms with van der Waals surface area (Å²) < 4.78 is 11.3. The van der Waals surface area contributed by atoms with Crippen LogP contribution in [0.1, 0.15) is 40.8 Å². The molecule has 0 radical (unpaired) electrons. The Morgan fingerprint density at radius 1 is 0.643 bits per heavy atom. The third-order valence-corrected chi connectivity index (χ3v) is 9.50. The predicted octanol–water partition coefficient (Wildman–Crippen LogP) is 8.97. The molecule has 0 saturated heterocycles. The minimum absolute atomic E-state index is 0.800. The quantitative estimate of drug-likeness (QED) is 0.208. The number of hydrogen-bond acceptors (Lipinski definition) is 3. The van der Waals surface area contributed by atoms with E-state index in [4.69, 9.17) is 14.7 Å². The van der Waals surface area contributed by atoms with E-state index in [9.17, 15) is 0 Å². The van der Waals surface area contributed by atoms with Gasteiger partial charge in [0.25, 0.3) is 0 Å². The highest BCUT2D eigenvalue weighted by atomic mass is 16.5. The van der Waals surface area contributed by atoms with Gasteiger partial charge in [0.1, 0.15) is 22.8 Å². The highest BCUT2D eigenvalue weighted by molar-refractivity contribution is 6.14. The molecule has 1 aliphatic rings. The van der Waals surface area contributed by atoms with Crippen LogP contribution in [0, 0.1) is 20.8 Å². The number of fused-ring (bicyclic) bond motifs is 9. The molecule has 0 spiro atoms. The van der Waals surface area contributed by atoms with Gasteiger partial charge in [-0.1, -0.05) is 43.3 Å². The van der Waals surface area contributed by atoms with E-state index >= 15 is 0 Å². The second kappa shape index (κ2) is 8.32. The number of imidazole rings is 2. The summed E-state index contributed by atoms with van der Waals surface area (Å²) in [7, 11) is 0. The molecular weight excluding hydrogens is 516 g/mol. The van der Waals surface area contributed by atoms with Gasteiger partial charge in [-0.2, -0.15) is 0 Å². The van der Waals surface area contributed by atoms with E-state index in [2.05, 4.69) is 109 Å². The molecular formula is C37H30N4O. The van der Waals surface area contributed by atoms with Crippen LogP contribution < -0.4 is 4.74 Å². The first-order valence-corrected chi connectivity index (χ1v) is 14.9. The molecule has 8 aromatic rings. The van der Waals surface area contributed by atoms with Crippen LogP contribution in [-0.2, 0) is 19.3 Å². The molecule has 0 unspecified atom stereocenters. The maximum atomic E-state index is 6.60. The lowest BCUT2D eigenvalue weighted by Crippen LogP contribution is -2.07. The molecule has 4 aromatic carbocycles. The van der Waals surface area contributed by atoms with Gasteiger partial charge in [0.2, 0.25) is 0 Å². The van der Waals surface area contributed by atoms with Crippen molar-refractivity contribution in [2.24, 2.45) is 0 Å². The van der Waals surface area contributed by atoms with Crippen LogP contribution in [0.15, 0.2) is 72.8 Å². The fourth-order valence-electron chi connectivity index (χ4n) is 7.38. The number of hydrogen-bond donors (Lipinski definition) is 0. The minimum Gasteiger partial charge on any atom is -0.457 e. The van der Waals surface area contributed by atoms with Crippen molar-refractivity contribution in [3.8, 4) is 11.5 Å². The molecule has 0 fully saturated rings. The summed E-state index contributed by atoms with van der Waals surface area (Å²) in [5, 5.41) is 7.15. The topological polar surface area (TPSA) is 43.8 Å². The van der Waals surface area contributed by atoms with Crippen molar-refractivity contribution >= 4 is 54.6 Å². The largest absolute Gasteiger partial charge is 0.457 e. The Labute approximate surface area is 243 Å². The van der Waals surface area contributed by atoms with Gasteiger partial charge in [-0.15, -0.1) is 0 Å². The number of aryl methyl sites for hydroxylation is 6. The maximum Gasteiger partial charge on any atom is 0.145 e. The summed E-state index contributed by atoms with van der Waals surface area (Å²) in [5.74, 6) is 1.60. The van der Waals surface area contributed by atoms with Gasteiger partial charge in [0, 0.05) is 32.9 Å². The van der Waals surface area contributed by atoms with Crippen molar-refractivity contribution < 1.29 is 4.74 Å². The van der Waals surface area contributed by atoms with Gasteiger partial charge in [-0.3, -0.25) is 8.80 Å². The molecule has 42 heavy (non-hydrogen) atoms. The van der Waals surface area contributed by atoms with Crippen molar-refractivity contribution in [3.63, 3.8) is 0 Å². The van der Waals surface area contributed by atoms with E-state index in [0.29, 0.717) is 0 Å². The molecule has 0 saturated carbocycles. The zero-order chi connectivity index (χ0) is 28.3. The minimum atomic E-state index is 0.800. The number of rotatable bonds is 3. The fraction of sp³-hybridized carbons (Fsp3) is 0.189. The van der Waals surface area contributed by atoms with Crippen LogP contribution in [0.2, 0.25) is 0 Å². The first-order valence-electron chi connectivity index (χ1n) is 14.9. The zero-order valence-corrected chi connectivity index (χ0v) is 24.2. The molecule has 0 amide bonds. The molecule has 4 aromatic heterocycles. The monoisotopic (exact) mass is 546 g/mol. The highest BCUT2D eigenvalue weighted by Crippen LogP contribution is 2.39. The predicted molar refractivity (Wildman–Crippen MR) is 171 cm³/mol. The van der Waals surface area contributed by atoms with E-state index in [1.807, 2.05) is 0 Å². The second-order valence-corrected chi connectivity index (χ2v) is 11.7. The maximum absolute atomic E-state index is 6.60. The normalized spacial score (nSPS) is 13.1. The van der Waals surface area contributed by atoms with E-state index < -0.39 is 0 Å². The molecule has 1 aliphatic heterocycles. The SMILES string of the molecule is CCc1cccc2c3ccc(Oc4ccc5c(c4)c4nc(C)c6n4c4c(cccc54)CC6)cc3c3nc(C)c(C)n3c12. The van der Waals surface area contributed by atoms with Crippen LogP contribution in [0.3, 0.4) is 0 Å². The third-order valence-electron chi connectivity index (χ3n) is 9.50. The summed E-state index contributed by atoms with van der Waals surface area (Å²) >= 11 is 0. The van der Waals surface area contributed by atoms with Crippen LogP contribution in [-0.4, -0.2) is 18.8 Å². The Hall–Kier alpha value is -4.90. The lowest BCUT2D eigenvalue weighted by molar-refractivity contribution is 0.484. The van der Waals surface area contributed by atoms with Gasteiger partial charge in [0.15, 0.2) is 0 Å². The lowest BCUT2D eigenvalue weighted by atomic mass is 9.97. The van der Waals surface area contributed by atoms with Crippen molar-refractivity contribution in [2.75, 3.05) is 0 Å². The third kappa shape index (κ3) is 3.03. The van der Waals surface area contributed by atoms with Crippen molar-refractivity contribution in [1.82, 2.24) is 18.8 Å². The Bertz CT molecular complexity index is 2460. The van der Waals surface area contributed by atoms with Crippen LogP contribution in [0.5, 0.6) is 11.5 Å². The Kier molecular flexibility index (Phi) is 4.71. The fourth-order valence-corrected chi connectivity index (χ4v) is 7.38. The summed E-state index contributed by atoms with van der Waals surface area (Å²) in [6, 6.07) is 26.2.